The van der Waals surface area contributed by atoms with Crippen LogP contribution >= 0.6 is 0 Å². The highest BCUT2D eigenvalue weighted by molar-refractivity contribution is 4.56. The van der Waals surface area contributed by atoms with Crippen LogP contribution in [0.5, 0.6) is 0 Å². The van der Waals surface area contributed by atoms with E-state index in [1.165, 1.54) is 135 Å². The third kappa shape index (κ3) is 20.1. The Bertz CT molecular complexity index is 226. The van der Waals surface area contributed by atoms with E-state index in [-0.39, 0.29) is 0 Å². The smallest absolute Gasteiger partial charge is 0.00189 e. The van der Waals surface area contributed by atoms with Crippen LogP contribution in [-0.2, 0) is 0 Å². The zero-order chi connectivity index (χ0) is 18.4. The van der Waals surface area contributed by atoms with Crippen LogP contribution in [0.2, 0.25) is 0 Å². The lowest BCUT2D eigenvalue weighted by Gasteiger charge is -2.19. The molecule has 0 aliphatic rings. The van der Waals surface area contributed by atoms with Crippen molar-refractivity contribution in [2.45, 2.75) is 136 Å². The van der Waals surface area contributed by atoms with Crippen molar-refractivity contribution in [3.05, 3.63) is 0 Å². The van der Waals surface area contributed by atoms with Crippen LogP contribution in [0.1, 0.15) is 136 Å². The third-order valence-corrected chi connectivity index (χ3v) is 5.60. The summed E-state index contributed by atoms with van der Waals surface area (Å²) in [5.41, 5.74) is 0. The molecular weight excluding hydrogens is 302 g/mol. The van der Waals surface area contributed by atoms with Gasteiger partial charge >= 0.3 is 0 Å². The molecule has 0 atom stereocenters. The van der Waals surface area contributed by atoms with Crippen molar-refractivity contribution >= 4 is 0 Å². The summed E-state index contributed by atoms with van der Waals surface area (Å²) in [6, 6.07) is 0. The van der Waals surface area contributed by atoms with Gasteiger partial charge in [0.2, 0.25) is 0 Å². The zero-order valence-electron chi connectivity index (χ0n) is 18.3. The second kappa shape index (κ2) is 22.0. The van der Waals surface area contributed by atoms with Gasteiger partial charge in [-0.2, -0.15) is 0 Å². The number of hydrogen-bond donors (Lipinski definition) is 0. The monoisotopic (exact) mass is 353 g/mol. The van der Waals surface area contributed by atoms with Crippen molar-refractivity contribution in [3.63, 3.8) is 0 Å². The van der Waals surface area contributed by atoms with Crippen molar-refractivity contribution in [1.82, 2.24) is 4.90 Å². The zero-order valence-corrected chi connectivity index (χ0v) is 18.3. The molecule has 0 unspecified atom stereocenters. The van der Waals surface area contributed by atoms with Gasteiger partial charge in [0.1, 0.15) is 0 Å². The summed E-state index contributed by atoms with van der Waals surface area (Å²) in [6.07, 6.45) is 26.1. The second-order valence-electron chi connectivity index (χ2n) is 8.09. The highest BCUT2D eigenvalue weighted by Gasteiger charge is 2.00. The molecule has 0 N–H and O–H groups in total. The fourth-order valence-electron chi connectivity index (χ4n) is 3.69. The van der Waals surface area contributed by atoms with Crippen molar-refractivity contribution in [3.8, 4) is 0 Å². The lowest BCUT2D eigenvalue weighted by atomic mass is 10.0. The normalized spacial score (nSPS) is 11.5. The molecule has 0 radical (unpaired) electrons. The predicted molar refractivity (Wildman–Crippen MR) is 117 cm³/mol. The molecule has 0 bridgehead atoms. The fourth-order valence-corrected chi connectivity index (χ4v) is 3.69. The standard InChI is InChI=1S/C24H51N/c1-4-7-9-10-11-12-13-14-15-16-17-18-19-20-21-22-24-25(6-3)23-8-5-2/h4-24H2,1-3H3. The average molecular weight is 354 g/mol. The highest BCUT2D eigenvalue weighted by atomic mass is 15.1. The molecule has 0 aromatic rings. The van der Waals surface area contributed by atoms with Gasteiger partial charge in [0.25, 0.3) is 0 Å². The van der Waals surface area contributed by atoms with Crippen molar-refractivity contribution in [2.24, 2.45) is 0 Å². The molecule has 0 fully saturated rings. The minimum atomic E-state index is 1.23. The summed E-state index contributed by atoms with van der Waals surface area (Å²) in [4.78, 5) is 2.63. The molecule has 0 aromatic carbocycles. The Labute approximate surface area is 161 Å². The fraction of sp³-hybridized carbons (Fsp3) is 1.00. The molecule has 0 aliphatic carbocycles. The number of hydrogen-bond acceptors (Lipinski definition) is 1. The average Bonchev–Trinajstić information content (AvgIpc) is 2.63. The number of rotatable bonds is 21. The molecule has 0 amide bonds. The molecular formula is C24H51N. The maximum absolute atomic E-state index is 2.63. The second-order valence-corrected chi connectivity index (χ2v) is 8.09. The molecule has 0 heterocycles. The van der Waals surface area contributed by atoms with E-state index in [0.29, 0.717) is 0 Å². The van der Waals surface area contributed by atoms with E-state index in [1.54, 1.807) is 0 Å². The van der Waals surface area contributed by atoms with E-state index < -0.39 is 0 Å². The van der Waals surface area contributed by atoms with Gasteiger partial charge in [-0.15, -0.1) is 0 Å². The van der Waals surface area contributed by atoms with Gasteiger partial charge in [0, 0.05) is 0 Å². The van der Waals surface area contributed by atoms with Gasteiger partial charge in [-0.1, -0.05) is 124 Å². The molecule has 1 heteroatoms. The van der Waals surface area contributed by atoms with E-state index >= 15 is 0 Å². The molecule has 0 aromatic heterocycles. The maximum atomic E-state index is 2.63. The maximum Gasteiger partial charge on any atom is -0.00189 e. The summed E-state index contributed by atoms with van der Waals surface area (Å²) >= 11 is 0. The lowest BCUT2D eigenvalue weighted by molar-refractivity contribution is 0.276. The Morgan fingerprint density at radius 2 is 0.680 bits per heavy atom. The van der Waals surface area contributed by atoms with Gasteiger partial charge in [-0.05, 0) is 32.5 Å². The van der Waals surface area contributed by atoms with Crippen molar-refractivity contribution in [2.75, 3.05) is 19.6 Å². The molecule has 25 heavy (non-hydrogen) atoms. The Morgan fingerprint density at radius 1 is 0.360 bits per heavy atom. The predicted octanol–water partition coefficient (Wildman–Crippen LogP) is 8.37. The molecule has 0 rings (SSSR count). The van der Waals surface area contributed by atoms with Gasteiger partial charge in [0.15, 0.2) is 0 Å². The van der Waals surface area contributed by atoms with Crippen LogP contribution in [0.25, 0.3) is 0 Å². The molecule has 0 aliphatic heterocycles. The lowest BCUT2D eigenvalue weighted by Crippen LogP contribution is -2.25. The Kier molecular flexibility index (Phi) is 22.0. The molecule has 1 nitrogen and oxygen atoms in total. The van der Waals surface area contributed by atoms with E-state index in [9.17, 15) is 0 Å². The Morgan fingerprint density at radius 3 is 1.04 bits per heavy atom. The number of unbranched alkanes of at least 4 members (excludes halogenated alkanes) is 16. The van der Waals surface area contributed by atoms with Crippen LogP contribution in [0.4, 0.5) is 0 Å². The van der Waals surface area contributed by atoms with Crippen LogP contribution in [0.3, 0.4) is 0 Å². The third-order valence-electron chi connectivity index (χ3n) is 5.60. The molecule has 152 valence electrons. The van der Waals surface area contributed by atoms with Gasteiger partial charge in [0.05, 0.1) is 0 Å². The quantitative estimate of drug-likeness (QED) is 0.187. The first-order valence-corrected chi connectivity index (χ1v) is 12.1. The first-order valence-electron chi connectivity index (χ1n) is 12.1. The summed E-state index contributed by atoms with van der Waals surface area (Å²) in [7, 11) is 0. The summed E-state index contributed by atoms with van der Waals surface area (Å²) < 4.78 is 0. The topological polar surface area (TPSA) is 3.24 Å². The molecule has 0 saturated carbocycles. The van der Waals surface area contributed by atoms with Gasteiger partial charge in [-0.3, -0.25) is 0 Å². The van der Waals surface area contributed by atoms with Crippen LogP contribution < -0.4 is 0 Å². The first-order chi connectivity index (χ1) is 12.3. The van der Waals surface area contributed by atoms with E-state index in [2.05, 4.69) is 25.7 Å². The van der Waals surface area contributed by atoms with Crippen LogP contribution in [0, 0.1) is 0 Å². The van der Waals surface area contributed by atoms with Crippen molar-refractivity contribution in [1.29, 1.82) is 0 Å². The Hall–Kier alpha value is -0.0400. The highest BCUT2D eigenvalue weighted by Crippen LogP contribution is 2.13. The van der Waals surface area contributed by atoms with Crippen molar-refractivity contribution < 1.29 is 0 Å². The van der Waals surface area contributed by atoms with E-state index in [4.69, 9.17) is 0 Å². The van der Waals surface area contributed by atoms with Crippen LogP contribution in [-0.4, -0.2) is 24.5 Å². The van der Waals surface area contributed by atoms with Gasteiger partial charge in [-0.25, -0.2) is 0 Å². The van der Waals surface area contributed by atoms with E-state index in [0.717, 1.165) is 0 Å². The minimum Gasteiger partial charge on any atom is -0.304 e. The largest absolute Gasteiger partial charge is 0.304 e. The Balaban J connectivity index is 3.11. The SMILES string of the molecule is CCCCCCCCCCCCCCCCCCN(CC)CCCC. The summed E-state index contributed by atoms with van der Waals surface area (Å²) in [5, 5.41) is 0. The summed E-state index contributed by atoms with van der Waals surface area (Å²) in [5.74, 6) is 0. The molecule has 0 spiro atoms. The molecule has 0 saturated heterocycles. The van der Waals surface area contributed by atoms with Crippen LogP contribution in [0.15, 0.2) is 0 Å². The first kappa shape index (κ1) is 25.0. The van der Waals surface area contributed by atoms with Gasteiger partial charge < -0.3 is 4.90 Å². The summed E-state index contributed by atoms with van der Waals surface area (Å²) in [6.45, 7) is 10.8. The number of nitrogens with zero attached hydrogens (tertiary/aromatic N) is 1. The minimum absolute atomic E-state index is 1.23. The van der Waals surface area contributed by atoms with E-state index in [1.807, 2.05) is 0 Å².